The lowest BCUT2D eigenvalue weighted by Gasteiger charge is -2.27. The zero-order valence-corrected chi connectivity index (χ0v) is 15.5. The van der Waals surface area contributed by atoms with Crippen LogP contribution in [0.2, 0.25) is 0 Å². The Morgan fingerprint density at radius 2 is 1.96 bits per heavy atom. The minimum Gasteiger partial charge on any atom is -0.378 e. The van der Waals surface area contributed by atoms with Gasteiger partial charge in [-0.2, -0.15) is 0 Å². The molecule has 1 amide bonds. The van der Waals surface area contributed by atoms with Crippen LogP contribution in [0.4, 0.5) is 0 Å². The van der Waals surface area contributed by atoms with E-state index in [4.69, 9.17) is 4.74 Å². The van der Waals surface area contributed by atoms with E-state index in [-0.39, 0.29) is 16.9 Å². The lowest BCUT2D eigenvalue weighted by Crippen LogP contribution is -2.42. The Balaban J connectivity index is 1.93. The van der Waals surface area contributed by atoms with Gasteiger partial charge in [0.25, 0.3) is 5.91 Å². The Kier molecular flexibility index (Phi) is 4.57. The minimum absolute atomic E-state index is 0.146. The summed E-state index contributed by atoms with van der Waals surface area (Å²) in [6.45, 7) is 1.95. The van der Waals surface area contributed by atoms with Gasteiger partial charge < -0.3 is 14.2 Å². The highest BCUT2D eigenvalue weighted by Gasteiger charge is 2.23. The first kappa shape index (κ1) is 16.9. The van der Waals surface area contributed by atoms with E-state index in [0.717, 1.165) is 10.2 Å². The number of rotatable bonds is 2. The molecule has 0 bridgehead atoms. The predicted molar refractivity (Wildman–Crippen MR) is 102 cm³/mol. The number of carbonyl (C=O) groups is 1. The highest BCUT2D eigenvalue weighted by Crippen LogP contribution is 2.20. The van der Waals surface area contributed by atoms with Gasteiger partial charge in [0, 0.05) is 35.6 Å². The second kappa shape index (κ2) is 7.01. The quantitative estimate of drug-likeness (QED) is 0.647. The highest BCUT2D eigenvalue weighted by molar-refractivity contribution is 9.10. The van der Waals surface area contributed by atoms with Crippen molar-refractivity contribution in [2.45, 2.75) is 0 Å². The van der Waals surface area contributed by atoms with Crippen molar-refractivity contribution < 1.29 is 9.53 Å². The Bertz CT molecular complexity index is 1040. The first-order valence-corrected chi connectivity index (χ1v) is 9.08. The van der Waals surface area contributed by atoms with Gasteiger partial charge in [0.2, 0.25) is 5.43 Å². The summed E-state index contributed by atoms with van der Waals surface area (Å²) in [5.74, 6) is -0.271. The normalized spacial score (nSPS) is 14.6. The van der Waals surface area contributed by atoms with Crippen molar-refractivity contribution in [1.29, 1.82) is 0 Å². The molecule has 1 aliphatic heterocycles. The number of hydrogen-bond donors (Lipinski definition) is 0. The van der Waals surface area contributed by atoms with E-state index in [1.165, 1.54) is 0 Å². The summed E-state index contributed by atoms with van der Waals surface area (Å²) in [4.78, 5) is 31.9. The molecule has 7 heteroatoms. The Labute approximate surface area is 158 Å². The van der Waals surface area contributed by atoms with Gasteiger partial charge in [-0.3, -0.25) is 9.59 Å². The third-order valence-electron chi connectivity index (χ3n) is 4.38. The van der Waals surface area contributed by atoms with E-state index in [9.17, 15) is 9.59 Å². The largest absolute Gasteiger partial charge is 0.378 e. The molecule has 3 heterocycles. The van der Waals surface area contributed by atoms with Crippen molar-refractivity contribution >= 4 is 32.9 Å². The van der Waals surface area contributed by atoms with Gasteiger partial charge >= 0.3 is 0 Å². The van der Waals surface area contributed by atoms with E-state index in [1.807, 2.05) is 24.3 Å². The third-order valence-corrected chi connectivity index (χ3v) is 4.87. The fourth-order valence-corrected chi connectivity index (χ4v) is 3.46. The number of amides is 1. The molecule has 1 aromatic carbocycles. The zero-order chi connectivity index (χ0) is 18.1. The molecule has 0 atom stereocenters. The summed E-state index contributed by atoms with van der Waals surface area (Å²) in [7, 11) is 0. The van der Waals surface area contributed by atoms with Crippen LogP contribution in [0.3, 0.4) is 0 Å². The lowest BCUT2D eigenvalue weighted by atomic mass is 10.1. The molecule has 0 aliphatic carbocycles. The van der Waals surface area contributed by atoms with Gasteiger partial charge in [0.05, 0.1) is 18.6 Å². The number of fused-ring (bicyclic) bond motifs is 1. The van der Waals surface area contributed by atoms with E-state index in [2.05, 4.69) is 20.9 Å². The fourth-order valence-electron chi connectivity index (χ4n) is 3.07. The van der Waals surface area contributed by atoms with E-state index in [0.29, 0.717) is 37.3 Å². The maximum absolute atomic E-state index is 12.9. The lowest BCUT2D eigenvalue weighted by molar-refractivity contribution is 0.0302. The zero-order valence-electron chi connectivity index (χ0n) is 13.9. The summed E-state index contributed by atoms with van der Waals surface area (Å²) < 4.78 is 7.99. The van der Waals surface area contributed by atoms with Gasteiger partial charge in [-0.1, -0.05) is 22.0 Å². The molecule has 0 saturated carbocycles. The number of aromatic nitrogens is 2. The third kappa shape index (κ3) is 3.04. The molecule has 0 radical (unpaired) electrons. The Morgan fingerprint density at radius 3 is 2.73 bits per heavy atom. The average Bonchev–Trinajstić information content (AvgIpc) is 2.69. The molecule has 0 spiro atoms. The monoisotopic (exact) mass is 413 g/mol. The molecule has 0 unspecified atom stereocenters. The van der Waals surface area contributed by atoms with Crippen LogP contribution in [0, 0.1) is 0 Å². The van der Waals surface area contributed by atoms with Gasteiger partial charge in [0.15, 0.2) is 0 Å². The summed E-state index contributed by atoms with van der Waals surface area (Å²) in [6, 6.07) is 11.1. The second-order valence-electron chi connectivity index (χ2n) is 6.00. The van der Waals surface area contributed by atoms with Gasteiger partial charge in [-0.05, 0) is 30.3 Å². The molecule has 1 aliphatic rings. The average molecular weight is 414 g/mol. The van der Waals surface area contributed by atoms with Crippen molar-refractivity contribution in [2.24, 2.45) is 0 Å². The van der Waals surface area contributed by atoms with Crippen LogP contribution in [0.15, 0.2) is 58.1 Å². The van der Waals surface area contributed by atoms with Crippen molar-refractivity contribution in [3.05, 3.63) is 69.1 Å². The summed E-state index contributed by atoms with van der Waals surface area (Å²) in [5, 5.41) is 0.423. The topological polar surface area (TPSA) is 64.4 Å². The van der Waals surface area contributed by atoms with E-state index in [1.54, 1.807) is 34.0 Å². The standard InChI is InChI=1S/C19H16BrN3O3/c20-13-3-1-4-14(11-13)23-12-16(19(25)22-7-9-26-10-8-22)17(24)15-5-2-6-21-18(15)23/h1-6,11-12H,7-10H2. The summed E-state index contributed by atoms with van der Waals surface area (Å²) in [6.07, 6.45) is 3.23. The van der Waals surface area contributed by atoms with Crippen LogP contribution in [-0.2, 0) is 4.74 Å². The number of carbonyl (C=O) groups excluding carboxylic acids is 1. The van der Waals surface area contributed by atoms with Crippen molar-refractivity contribution in [1.82, 2.24) is 14.5 Å². The van der Waals surface area contributed by atoms with Crippen LogP contribution >= 0.6 is 15.9 Å². The van der Waals surface area contributed by atoms with Crippen LogP contribution in [-0.4, -0.2) is 46.7 Å². The Morgan fingerprint density at radius 1 is 1.15 bits per heavy atom. The van der Waals surface area contributed by atoms with Crippen LogP contribution < -0.4 is 5.43 Å². The molecule has 2 aromatic heterocycles. The van der Waals surface area contributed by atoms with E-state index < -0.39 is 0 Å². The Hall–Kier alpha value is -2.51. The number of morpholine rings is 1. The fraction of sp³-hybridized carbons (Fsp3) is 0.211. The molecule has 6 nitrogen and oxygen atoms in total. The second-order valence-corrected chi connectivity index (χ2v) is 6.92. The first-order chi connectivity index (χ1) is 12.6. The van der Waals surface area contributed by atoms with Crippen LogP contribution in [0.1, 0.15) is 10.4 Å². The van der Waals surface area contributed by atoms with Crippen molar-refractivity contribution in [3.8, 4) is 5.69 Å². The van der Waals surface area contributed by atoms with Crippen molar-refractivity contribution in [2.75, 3.05) is 26.3 Å². The molecule has 3 aromatic rings. The highest BCUT2D eigenvalue weighted by atomic mass is 79.9. The van der Waals surface area contributed by atoms with Crippen molar-refractivity contribution in [3.63, 3.8) is 0 Å². The number of hydrogen-bond acceptors (Lipinski definition) is 4. The maximum Gasteiger partial charge on any atom is 0.259 e. The van der Waals surface area contributed by atoms with Gasteiger partial charge in [-0.15, -0.1) is 0 Å². The van der Waals surface area contributed by atoms with E-state index >= 15 is 0 Å². The van der Waals surface area contributed by atoms with Gasteiger partial charge in [-0.25, -0.2) is 4.98 Å². The smallest absolute Gasteiger partial charge is 0.259 e. The first-order valence-electron chi connectivity index (χ1n) is 8.28. The summed E-state index contributed by atoms with van der Waals surface area (Å²) >= 11 is 3.46. The molecule has 1 saturated heterocycles. The molecule has 1 fully saturated rings. The molecule has 0 N–H and O–H groups in total. The number of nitrogens with zero attached hydrogens (tertiary/aromatic N) is 3. The number of pyridine rings is 2. The predicted octanol–water partition coefficient (Wildman–Crippen LogP) is 2.62. The minimum atomic E-state index is -0.296. The SMILES string of the molecule is O=C(c1cn(-c2cccc(Br)c2)c2ncccc2c1=O)N1CCOCC1. The summed E-state index contributed by atoms with van der Waals surface area (Å²) in [5.41, 5.74) is 1.19. The van der Waals surface area contributed by atoms with Crippen LogP contribution in [0.5, 0.6) is 0 Å². The molecule has 26 heavy (non-hydrogen) atoms. The molecular formula is C19H16BrN3O3. The maximum atomic E-state index is 12.9. The molecule has 4 rings (SSSR count). The molecular weight excluding hydrogens is 398 g/mol. The number of ether oxygens (including phenoxy) is 1. The number of benzene rings is 1. The molecule has 132 valence electrons. The number of halogens is 1. The van der Waals surface area contributed by atoms with Crippen LogP contribution in [0.25, 0.3) is 16.7 Å². The van der Waals surface area contributed by atoms with Gasteiger partial charge in [0.1, 0.15) is 11.2 Å².